The summed E-state index contributed by atoms with van der Waals surface area (Å²) in [7, 11) is 0. The molecule has 0 aliphatic heterocycles. The minimum absolute atomic E-state index is 0.0926. The Morgan fingerprint density at radius 2 is 1.76 bits per heavy atom. The summed E-state index contributed by atoms with van der Waals surface area (Å²) in [6.07, 6.45) is 7.57. The van der Waals surface area contributed by atoms with Crippen molar-refractivity contribution in [3.8, 4) is 34.0 Å². The molecule has 1 aliphatic carbocycles. The molecule has 0 unspecified atom stereocenters. The molecular formula is C28H29N7O2. The Labute approximate surface area is 214 Å². The number of nitrogens with one attached hydrogen (secondary N) is 2. The number of nitrogens with zero attached hydrogens (tertiary/aromatic N) is 4. The van der Waals surface area contributed by atoms with Crippen molar-refractivity contribution in [1.29, 1.82) is 5.41 Å². The van der Waals surface area contributed by atoms with Crippen LogP contribution in [0.25, 0.3) is 28.2 Å². The van der Waals surface area contributed by atoms with E-state index in [1.54, 1.807) is 23.0 Å². The van der Waals surface area contributed by atoms with Gasteiger partial charge in [0.1, 0.15) is 5.75 Å². The molecule has 4 aromatic rings. The molecule has 2 aromatic carbocycles. The molecule has 1 aliphatic rings. The molecule has 1 saturated carbocycles. The summed E-state index contributed by atoms with van der Waals surface area (Å²) in [4.78, 5) is 17.0. The Morgan fingerprint density at radius 1 is 1.08 bits per heavy atom. The van der Waals surface area contributed by atoms with Crippen LogP contribution in [-0.4, -0.2) is 43.0 Å². The van der Waals surface area contributed by atoms with Gasteiger partial charge in [0.05, 0.1) is 5.56 Å². The van der Waals surface area contributed by atoms with E-state index in [0.717, 1.165) is 36.8 Å². The summed E-state index contributed by atoms with van der Waals surface area (Å²) in [5.74, 6) is 0.0514. The molecule has 1 amide bonds. The molecule has 5 N–H and O–H groups in total. The third kappa shape index (κ3) is 4.67. The molecule has 5 rings (SSSR count). The maximum atomic E-state index is 12.9. The first-order chi connectivity index (χ1) is 18.0. The molecule has 0 spiro atoms. The van der Waals surface area contributed by atoms with Crippen LogP contribution in [0.4, 0.5) is 5.69 Å². The molecule has 9 nitrogen and oxygen atoms in total. The van der Waals surface area contributed by atoms with Crippen LogP contribution in [0.15, 0.2) is 60.9 Å². The maximum Gasteiger partial charge on any atom is 0.289 e. The highest BCUT2D eigenvalue weighted by atomic mass is 16.3. The van der Waals surface area contributed by atoms with E-state index in [1.165, 1.54) is 6.07 Å². The fourth-order valence-corrected chi connectivity index (χ4v) is 4.89. The van der Waals surface area contributed by atoms with Gasteiger partial charge in [0.2, 0.25) is 5.82 Å². The minimum Gasteiger partial charge on any atom is -0.507 e. The monoisotopic (exact) mass is 495 g/mol. The maximum absolute atomic E-state index is 12.9. The number of rotatable bonds is 7. The van der Waals surface area contributed by atoms with Crippen LogP contribution < -0.4 is 11.1 Å². The quantitative estimate of drug-likeness (QED) is 0.218. The second-order valence-electron chi connectivity index (χ2n) is 9.18. The molecule has 2 heterocycles. The van der Waals surface area contributed by atoms with Gasteiger partial charge in [-0.25, -0.2) is 0 Å². The largest absolute Gasteiger partial charge is 0.507 e. The molecule has 0 saturated heterocycles. The lowest BCUT2D eigenvalue weighted by Crippen LogP contribution is -2.26. The number of phenolic OH excluding ortho intramolecular Hbond substituents is 1. The Kier molecular flexibility index (Phi) is 6.68. The minimum atomic E-state index is -0.381. The van der Waals surface area contributed by atoms with Gasteiger partial charge in [-0.2, -0.15) is 0 Å². The summed E-state index contributed by atoms with van der Waals surface area (Å²) in [6.45, 7) is 2.26. The molecule has 37 heavy (non-hydrogen) atoms. The van der Waals surface area contributed by atoms with Crippen LogP contribution >= 0.6 is 0 Å². The van der Waals surface area contributed by atoms with Crippen molar-refractivity contribution in [3.05, 3.63) is 72.3 Å². The van der Waals surface area contributed by atoms with Crippen LogP contribution in [0.5, 0.6) is 5.75 Å². The van der Waals surface area contributed by atoms with Gasteiger partial charge in [-0.15, -0.1) is 10.2 Å². The fraction of sp³-hybridized carbons (Fsp3) is 0.250. The van der Waals surface area contributed by atoms with E-state index in [2.05, 4.69) is 20.5 Å². The molecule has 0 bridgehead atoms. The number of carbonyl (C=O) groups excluding carboxylic acids is 1. The topological polar surface area (TPSA) is 143 Å². The van der Waals surface area contributed by atoms with Crippen molar-refractivity contribution in [2.75, 3.05) is 12.3 Å². The van der Waals surface area contributed by atoms with E-state index in [-0.39, 0.29) is 29.2 Å². The molecule has 0 radical (unpaired) electrons. The van der Waals surface area contributed by atoms with Crippen molar-refractivity contribution in [1.82, 2.24) is 25.1 Å². The van der Waals surface area contributed by atoms with Crippen molar-refractivity contribution >= 4 is 17.3 Å². The first kappa shape index (κ1) is 24.2. The van der Waals surface area contributed by atoms with Gasteiger partial charge in [-0.3, -0.25) is 14.3 Å². The highest BCUT2D eigenvalue weighted by Crippen LogP contribution is 2.37. The molecule has 1 fully saturated rings. The predicted molar refractivity (Wildman–Crippen MR) is 143 cm³/mol. The smallest absolute Gasteiger partial charge is 0.289 e. The number of hydrogen-bond acceptors (Lipinski definition) is 7. The van der Waals surface area contributed by atoms with Gasteiger partial charge in [0, 0.05) is 53.6 Å². The predicted octanol–water partition coefficient (Wildman–Crippen LogP) is 4.59. The van der Waals surface area contributed by atoms with Gasteiger partial charge in [-0.1, -0.05) is 25.0 Å². The lowest BCUT2D eigenvalue weighted by Gasteiger charge is -2.17. The van der Waals surface area contributed by atoms with Crippen molar-refractivity contribution in [3.63, 3.8) is 0 Å². The normalized spacial score (nSPS) is 13.5. The van der Waals surface area contributed by atoms with Gasteiger partial charge in [-0.05, 0) is 61.2 Å². The summed E-state index contributed by atoms with van der Waals surface area (Å²) >= 11 is 0. The van der Waals surface area contributed by atoms with Crippen LogP contribution in [0.3, 0.4) is 0 Å². The second kappa shape index (κ2) is 10.2. The van der Waals surface area contributed by atoms with Crippen LogP contribution in [0.2, 0.25) is 0 Å². The number of nitrogens with two attached hydrogens (primary N) is 1. The number of carbonyl (C=O) groups is 1. The molecule has 0 atom stereocenters. The first-order valence-electron chi connectivity index (χ1n) is 12.4. The van der Waals surface area contributed by atoms with Gasteiger partial charge >= 0.3 is 0 Å². The van der Waals surface area contributed by atoms with Gasteiger partial charge < -0.3 is 21.6 Å². The highest BCUT2D eigenvalue weighted by molar-refractivity contribution is 6.05. The van der Waals surface area contributed by atoms with E-state index in [0.29, 0.717) is 34.8 Å². The average molecular weight is 496 g/mol. The third-order valence-electron chi connectivity index (χ3n) is 6.80. The van der Waals surface area contributed by atoms with E-state index in [1.807, 2.05) is 43.3 Å². The molecule has 188 valence electrons. The zero-order chi connectivity index (χ0) is 25.9. The zero-order valence-electron chi connectivity index (χ0n) is 20.6. The van der Waals surface area contributed by atoms with Crippen LogP contribution in [0, 0.1) is 11.3 Å². The fourth-order valence-electron chi connectivity index (χ4n) is 4.89. The number of anilines is 1. The van der Waals surface area contributed by atoms with Crippen LogP contribution in [0.1, 0.15) is 48.8 Å². The lowest BCUT2D eigenvalue weighted by molar-refractivity contribution is 0.0943. The Bertz CT molecular complexity index is 1440. The van der Waals surface area contributed by atoms with E-state index in [4.69, 9.17) is 11.1 Å². The molecule has 2 aromatic heterocycles. The summed E-state index contributed by atoms with van der Waals surface area (Å²) in [6, 6.07) is 14.6. The number of phenols is 1. The van der Waals surface area contributed by atoms with E-state index >= 15 is 0 Å². The highest BCUT2D eigenvalue weighted by Gasteiger charge is 2.26. The Balaban J connectivity index is 1.62. The second-order valence-corrected chi connectivity index (χ2v) is 9.18. The first-order valence-corrected chi connectivity index (χ1v) is 12.4. The summed E-state index contributed by atoms with van der Waals surface area (Å²) < 4.78 is 1.62. The number of aromatic hydroxyl groups is 1. The number of aromatic nitrogens is 4. The number of benzene rings is 2. The number of amides is 1. The number of nitrogen functional groups attached to an aromatic ring is 1. The number of pyridine rings is 1. The lowest BCUT2D eigenvalue weighted by atomic mass is 9.92. The van der Waals surface area contributed by atoms with E-state index in [9.17, 15) is 9.90 Å². The van der Waals surface area contributed by atoms with Gasteiger partial charge in [0.15, 0.2) is 5.82 Å². The van der Waals surface area contributed by atoms with Crippen molar-refractivity contribution < 1.29 is 9.90 Å². The SMILES string of the molecule is CCNC(=O)c1nnc(-c2cc(C(=N)C3CCCC3)c(N)cc2O)n1-c1ccc(-c2ccncc2)cc1. The molecule has 9 heteroatoms. The molecular weight excluding hydrogens is 466 g/mol. The van der Waals surface area contributed by atoms with E-state index < -0.39 is 0 Å². The Hall–Kier alpha value is -4.53. The van der Waals surface area contributed by atoms with Crippen molar-refractivity contribution in [2.24, 2.45) is 5.92 Å². The van der Waals surface area contributed by atoms with Gasteiger partial charge in [0.25, 0.3) is 5.91 Å². The standard InChI is InChI=1S/C28H29N7O2/c1-2-32-28(37)27-34-33-26(35(27)20-9-7-17(8-10-20)18-11-13-31-14-12-18)22-15-21(23(29)16-24(22)36)25(30)19-5-3-4-6-19/h7-16,19,30,36H,2-6,29H2,1H3,(H,32,37). The summed E-state index contributed by atoms with van der Waals surface area (Å²) in [5.41, 5.74) is 10.6. The average Bonchev–Trinajstić information content (AvgIpc) is 3.60. The summed E-state index contributed by atoms with van der Waals surface area (Å²) in [5, 5.41) is 30.9. The van der Waals surface area contributed by atoms with Crippen LogP contribution in [-0.2, 0) is 0 Å². The van der Waals surface area contributed by atoms with Crippen molar-refractivity contribution in [2.45, 2.75) is 32.6 Å². The zero-order valence-corrected chi connectivity index (χ0v) is 20.6. The Morgan fingerprint density at radius 3 is 2.43 bits per heavy atom. The third-order valence-corrected chi connectivity index (χ3v) is 6.80. The number of hydrogen-bond donors (Lipinski definition) is 4.